The Labute approximate surface area is 154 Å². The first-order valence-corrected chi connectivity index (χ1v) is 8.64. The van der Waals surface area contributed by atoms with Crippen LogP contribution in [0.15, 0.2) is 48.7 Å². The molecule has 1 aromatic heterocycles. The number of fused-ring (bicyclic) bond motifs is 1. The Hall–Kier alpha value is -3.22. The van der Waals surface area contributed by atoms with E-state index in [1.807, 2.05) is 24.3 Å². The lowest BCUT2D eigenvalue weighted by molar-refractivity contribution is 0.0533. The van der Waals surface area contributed by atoms with Crippen molar-refractivity contribution in [3.05, 3.63) is 71.4 Å². The average Bonchev–Trinajstić information content (AvgIpc) is 3.11. The molecular weight excluding hydrogens is 352 g/mol. The van der Waals surface area contributed by atoms with E-state index in [1.54, 1.807) is 11.1 Å². The third-order valence-electron chi connectivity index (χ3n) is 4.84. The first-order valence-electron chi connectivity index (χ1n) is 8.64. The van der Waals surface area contributed by atoms with Crippen molar-refractivity contribution in [2.75, 3.05) is 26.2 Å². The average molecular weight is 369 g/mol. The summed E-state index contributed by atoms with van der Waals surface area (Å²) in [6.07, 6.45) is 1.69. The van der Waals surface area contributed by atoms with Gasteiger partial charge in [-0.2, -0.15) is 0 Å². The van der Waals surface area contributed by atoms with Crippen LogP contribution in [0.1, 0.15) is 20.7 Å². The highest BCUT2D eigenvalue weighted by atomic mass is 19.1. The Morgan fingerprint density at radius 3 is 2.15 bits per heavy atom. The van der Waals surface area contributed by atoms with Crippen molar-refractivity contribution in [3.63, 3.8) is 0 Å². The zero-order chi connectivity index (χ0) is 19.0. The highest BCUT2D eigenvalue weighted by Gasteiger charge is 2.27. The number of benzene rings is 2. The zero-order valence-electron chi connectivity index (χ0n) is 14.4. The summed E-state index contributed by atoms with van der Waals surface area (Å²) in [4.78, 5) is 31.5. The number of aromatic amines is 1. The summed E-state index contributed by atoms with van der Waals surface area (Å²) in [5.74, 6) is -2.20. The normalized spacial score (nSPS) is 14.6. The molecule has 0 spiro atoms. The van der Waals surface area contributed by atoms with Gasteiger partial charge in [0.05, 0.1) is 11.1 Å². The van der Waals surface area contributed by atoms with Crippen LogP contribution in [0.5, 0.6) is 0 Å². The van der Waals surface area contributed by atoms with E-state index in [2.05, 4.69) is 4.98 Å². The SMILES string of the molecule is O=C(c1ccc(F)cc1F)N1CCN(C(=O)c2c[nH]c3ccccc23)CC1. The van der Waals surface area contributed by atoms with Crippen LogP contribution in [0.4, 0.5) is 8.78 Å². The molecule has 2 aromatic carbocycles. The molecule has 0 saturated carbocycles. The second-order valence-electron chi connectivity index (χ2n) is 6.46. The van der Waals surface area contributed by atoms with Crippen LogP contribution in [0.2, 0.25) is 0 Å². The molecular formula is C20H17F2N3O2. The number of hydrogen-bond acceptors (Lipinski definition) is 2. The Bertz CT molecular complexity index is 1020. The maximum Gasteiger partial charge on any atom is 0.256 e. The topological polar surface area (TPSA) is 56.4 Å². The number of hydrogen-bond donors (Lipinski definition) is 1. The van der Waals surface area contributed by atoms with Gasteiger partial charge in [0.2, 0.25) is 0 Å². The fourth-order valence-corrected chi connectivity index (χ4v) is 3.36. The number of rotatable bonds is 2. The number of nitrogens with one attached hydrogen (secondary N) is 1. The predicted octanol–water partition coefficient (Wildman–Crippen LogP) is 3.04. The van der Waals surface area contributed by atoms with Crippen molar-refractivity contribution in [2.45, 2.75) is 0 Å². The van der Waals surface area contributed by atoms with Crippen LogP contribution < -0.4 is 0 Å². The maximum atomic E-state index is 13.8. The minimum Gasteiger partial charge on any atom is -0.360 e. The summed E-state index contributed by atoms with van der Waals surface area (Å²) < 4.78 is 26.9. The third kappa shape index (κ3) is 3.16. The van der Waals surface area contributed by atoms with E-state index in [0.29, 0.717) is 37.8 Å². The summed E-state index contributed by atoms with van der Waals surface area (Å²) in [7, 11) is 0. The molecule has 7 heteroatoms. The molecule has 0 unspecified atom stereocenters. The molecule has 2 amide bonds. The van der Waals surface area contributed by atoms with Gasteiger partial charge >= 0.3 is 0 Å². The van der Waals surface area contributed by atoms with Crippen molar-refractivity contribution < 1.29 is 18.4 Å². The van der Waals surface area contributed by atoms with E-state index in [0.717, 1.165) is 23.0 Å². The van der Waals surface area contributed by atoms with Gasteiger partial charge < -0.3 is 14.8 Å². The molecule has 27 heavy (non-hydrogen) atoms. The Balaban J connectivity index is 1.45. The van der Waals surface area contributed by atoms with Gasteiger partial charge in [-0.05, 0) is 18.2 Å². The van der Waals surface area contributed by atoms with Crippen molar-refractivity contribution in [3.8, 4) is 0 Å². The van der Waals surface area contributed by atoms with E-state index in [9.17, 15) is 18.4 Å². The maximum absolute atomic E-state index is 13.8. The molecule has 3 aromatic rings. The lowest BCUT2D eigenvalue weighted by Crippen LogP contribution is -2.50. The summed E-state index contributed by atoms with van der Waals surface area (Å²) >= 11 is 0. The first-order chi connectivity index (χ1) is 13.0. The standard InChI is InChI=1S/C20H17F2N3O2/c21-13-5-6-15(17(22)11-13)19(26)24-7-9-25(10-8-24)20(27)16-12-23-18-4-2-1-3-14(16)18/h1-6,11-12,23H,7-10H2. The van der Waals surface area contributed by atoms with Crippen LogP contribution in [-0.4, -0.2) is 52.8 Å². The van der Waals surface area contributed by atoms with Crippen molar-refractivity contribution in [2.24, 2.45) is 0 Å². The van der Waals surface area contributed by atoms with Crippen LogP contribution in [-0.2, 0) is 0 Å². The molecule has 0 aliphatic carbocycles. The Morgan fingerprint density at radius 2 is 1.48 bits per heavy atom. The fraction of sp³-hybridized carbons (Fsp3) is 0.200. The number of carbonyl (C=O) groups is 2. The largest absolute Gasteiger partial charge is 0.360 e. The van der Waals surface area contributed by atoms with Gasteiger partial charge in [-0.25, -0.2) is 8.78 Å². The molecule has 1 aliphatic heterocycles. The highest BCUT2D eigenvalue weighted by molar-refractivity contribution is 6.06. The molecule has 0 radical (unpaired) electrons. The summed E-state index contributed by atoms with van der Waals surface area (Å²) in [5, 5.41) is 0.856. The van der Waals surface area contributed by atoms with Crippen molar-refractivity contribution in [1.29, 1.82) is 0 Å². The minimum absolute atomic E-state index is 0.104. The number of amides is 2. The zero-order valence-corrected chi connectivity index (χ0v) is 14.4. The van der Waals surface area contributed by atoms with Gasteiger partial charge in [0.1, 0.15) is 11.6 Å². The third-order valence-corrected chi connectivity index (χ3v) is 4.84. The number of nitrogens with zero attached hydrogens (tertiary/aromatic N) is 2. The smallest absolute Gasteiger partial charge is 0.256 e. The van der Waals surface area contributed by atoms with Crippen LogP contribution >= 0.6 is 0 Å². The van der Waals surface area contributed by atoms with Crippen LogP contribution in [0, 0.1) is 11.6 Å². The first kappa shape index (κ1) is 17.2. The summed E-state index contributed by atoms with van der Waals surface area (Å²) in [6.45, 7) is 1.30. The molecule has 4 rings (SSSR count). The van der Waals surface area contributed by atoms with Gasteiger partial charge in [0.25, 0.3) is 11.8 Å². The molecule has 138 valence electrons. The number of H-pyrrole nitrogens is 1. The molecule has 0 bridgehead atoms. The minimum atomic E-state index is -0.878. The lowest BCUT2D eigenvalue weighted by atomic mass is 10.1. The van der Waals surface area contributed by atoms with Gasteiger partial charge in [-0.3, -0.25) is 9.59 Å². The second kappa shape index (κ2) is 6.83. The Morgan fingerprint density at radius 1 is 0.852 bits per heavy atom. The van der Waals surface area contributed by atoms with Crippen LogP contribution in [0.25, 0.3) is 10.9 Å². The molecule has 0 atom stereocenters. The number of para-hydroxylation sites is 1. The monoisotopic (exact) mass is 369 g/mol. The lowest BCUT2D eigenvalue weighted by Gasteiger charge is -2.34. The van der Waals surface area contributed by atoms with Crippen LogP contribution in [0.3, 0.4) is 0 Å². The highest BCUT2D eigenvalue weighted by Crippen LogP contribution is 2.21. The molecule has 1 N–H and O–H groups in total. The van der Waals surface area contributed by atoms with Crippen molar-refractivity contribution in [1.82, 2.24) is 14.8 Å². The molecule has 5 nitrogen and oxygen atoms in total. The predicted molar refractivity (Wildman–Crippen MR) is 96.5 cm³/mol. The van der Waals surface area contributed by atoms with Gasteiger partial charge in [0.15, 0.2) is 0 Å². The molecule has 1 aliphatic rings. The number of piperazine rings is 1. The molecule has 1 saturated heterocycles. The number of carbonyl (C=O) groups excluding carboxylic acids is 2. The number of halogens is 2. The molecule has 1 fully saturated rings. The Kier molecular flexibility index (Phi) is 4.35. The quantitative estimate of drug-likeness (QED) is 0.755. The molecule has 2 heterocycles. The van der Waals surface area contributed by atoms with Gasteiger partial charge in [0, 0.05) is 49.3 Å². The summed E-state index contributed by atoms with van der Waals surface area (Å²) in [6, 6.07) is 10.5. The number of aromatic nitrogens is 1. The van der Waals surface area contributed by atoms with E-state index in [4.69, 9.17) is 0 Å². The van der Waals surface area contributed by atoms with E-state index < -0.39 is 17.5 Å². The summed E-state index contributed by atoms with van der Waals surface area (Å²) in [5.41, 5.74) is 1.32. The van der Waals surface area contributed by atoms with E-state index in [1.165, 1.54) is 4.90 Å². The van der Waals surface area contributed by atoms with E-state index in [-0.39, 0.29) is 11.5 Å². The second-order valence-corrected chi connectivity index (χ2v) is 6.46. The van der Waals surface area contributed by atoms with Gasteiger partial charge in [-0.1, -0.05) is 18.2 Å². The fourth-order valence-electron chi connectivity index (χ4n) is 3.36. The van der Waals surface area contributed by atoms with Crippen molar-refractivity contribution >= 4 is 22.7 Å². The van der Waals surface area contributed by atoms with Gasteiger partial charge in [-0.15, -0.1) is 0 Å². The van der Waals surface area contributed by atoms with E-state index >= 15 is 0 Å².